The third kappa shape index (κ3) is 5.53. The molecule has 1 aliphatic heterocycles. The van der Waals surface area contributed by atoms with Crippen LogP contribution in [0.2, 0.25) is 5.02 Å². The Bertz CT molecular complexity index is 973. The lowest BCUT2D eigenvalue weighted by atomic mass is 10.2. The van der Waals surface area contributed by atoms with Crippen LogP contribution in [0.5, 0.6) is 0 Å². The number of rotatable bonds is 7. The average molecular weight is 445 g/mol. The van der Waals surface area contributed by atoms with Gasteiger partial charge in [0.15, 0.2) is 0 Å². The average Bonchev–Trinajstić information content (AvgIpc) is 3.27. The van der Waals surface area contributed by atoms with Crippen molar-refractivity contribution in [1.82, 2.24) is 15.5 Å². The summed E-state index contributed by atoms with van der Waals surface area (Å²) in [4.78, 5) is 14.5. The fraction of sp³-hybridized carbons (Fsp3) is 0.286. The Morgan fingerprint density at radius 2 is 1.80 bits per heavy atom. The number of carbonyl (C=O) groups excluding carboxylic acids is 1. The predicted molar refractivity (Wildman–Crippen MR) is 117 cm³/mol. The van der Waals surface area contributed by atoms with E-state index in [0.717, 1.165) is 37.4 Å². The summed E-state index contributed by atoms with van der Waals surface area (Å²) < 4.78 is 11.0. The Morgan fingerprint density at radius 3 is 2.53 bits per heavy atom. The van der Waals surface area contributed by atoms with Crippen LogP contribution in [-0.4, -0.2) is 48.2 Å². The largest absolute Gasteiger partial charge is 0.411 e. The zero-order valence-corrected chi connectivity index (χ0v) is 17.8. The van der Waals surface area contributed by atoms with Crippen LogP contribution in [0.3, 0.4) is 0 Å². The van der Waals surface area contributed by atoms with Gasteiger partial charge in [-0.25, -0.2) is 0 Å². The molecule has 1 aromatic heterocycles. The lowest BCUT2D eigenvalue weighted by Crippen LogP contribution is -2.36. The highest BCUT2D eigenvalue weighted by Gasteiger charge is 2.12. The van der Waals surface area contributed by atoms with Gasteiger partial charge in [-0.15, -0.1) is 10.2 Å². The van der Waals surface area contributed by atoms with E-state index < -0.39 is 0 Å². The van der Waals surface area contributed by atoms with Crippen LogP contribution in [0.25, 0.3) is 11.5 Å². The number of anilines is 1. The molecule has 1 saturated heterocycles. The molecule has 0 bridgehead atoms. The van der Waals surface area contributed by atoms with E-state index in [2.05, 4.69) is 32.5 Å². The van der Waals surface area contributed by atoms with E-state index in [9.17, 15) is 4.79 Å². The number of nitrogens with one attached hydrogen (secondary N) is 1. The van der Waals surface area contributed by atoms with Crippen LogP contribution in [0.1, 0.15) is 5.56 Å². The summed E-state index contributed by atoms with van der Waals surface area (Å²) in [6.07, 6.45) is 0. The maximum absolute atomic E-state index is 12.2. The van der Waals surface area contributed by atoms with Gasteiger partial charge in [0, 0.05) is 35.9 Å². The molecule has 30 heavy (non-hydrogen) atoms. The predicted octanol–water partition coefficient (Wildman–Crippen LogP) is 3.64. The maximum atomic E-state index is 12.2. The van der Waals surface area contributed by atoms with Crippen LogP contribution < -0.4 is 10.2 Å². The van der Waals surface area contributed by atoms with Crippen LogP contribution in [0.4, 0.5) is 5.69 Å². The normalized spacial score (nSPS) is 14.0. The van der Waals surface area contributed by atoms with Crippen molar-refractivity contribution in [2.45, 2.75) is 11.8 Å². The molecule has 0 spiro atoms. The van der Waals surface area contributed by atoms with Crippen molar-refractivity contribution in [2.75, 3.05) is 37.0 Å². The summed E-state index contributed by atoms with van der Waals surface area (Å²) >= 11 is 7.09. The molecule has 0 radical (unpaired) electrons. The minimum absolute atomic E-state index is 0.0940. The number of morpholine rings is 1. The Kier molecular flexibility index (Phi) is 6.88. The Hall–Kier alpha value is -2.55. The van der Waals surface area contributed by atoms with Gasteiger partial charge in [0.05, 0.1) is 19.0 Å². The standard InChI is InChI=1S/C21H21ClN4O3S/c22-17-5-3-16(4-6-17)20-24-25-21(29-20)30-14-19(27)23-13-15-1-7-18(8-2-15)26-9-11-28-12-10-26/h1-8H,9-14H2,(H,23,27). The zero-order chi connectivity index (χ0) is 20.8. The van der Waals surface area contributed by atoms with E-state index in [1.54, 1.807) is 24.3 Å². The fourth-order valence-electron chi connectivity index (χ4n) is 3.00. The number of aromatic nitrogens is 2. The number of halogens is 1. The van der Waals surface area contributed by atoms with Crippen LogP contribution in [0.15, 0.2) is 58.2 Å². The van der Waals surface area contributed by atoms with Crippen LogP contribution >= 0.6 is 23.4 Å². The fourth-order valence-corrected chi connectivity index (χ4v) is 3.72. The smallest absolute Gasteiger partial charge is 0.277 e. The SMILES string of the molecule is O=C(CSc1nnc(-c2ccc(Cl)cc2)o1)NCc1ccc(N2CCOCC2)cc1. The van der Waals surface area contributed by atoms with E-state index >= 15 is 0 Å². The van der Waals surface area contributed by atoms with Gasteiger partial charge in [0.25, 0.3) is 5.22 Å². The first-order valence-electron chi connectivity index (χ1n) is 9.58. The monoisotopic (exact) mass is 444 g/mol. The quantitative estimate of drug-likeness (QED) is 0.557. The Balaban J connectivity index is 1.23. The summed E-state index contributed by atoms with van der Waals surface area (Å²) in [5.41, 5.74) is 3.01. The second-order valence-electron chi connectivity index (χ2n) is 6.71. The summed E-state index contributed by atoms with van der Waals surface area (Å²) in [5, 5.41) is 11.9. The molecule has 1 N–H and O–H groups in total. The number of thioether (sulfide) groups is 1. The van der Waals surface area contributed by atoms with E-state index in [4.69, 9.17) is 20.8 Å². The molecule has 0 saturated carbocycles. The van der Waals surface area contributed by atoms with Gasteiger partial charge in [-0.3, -0.25) is 4.79 Å². The first-order valence-corrected chi connectivity index (χ1v) is 10.9. The highest BCUT2D eigenvalue weighted by atomic mass is 35.5. The topological polar surface area (TPSA) is 80.5 Å². The van der Waals surface area contributed by atoms with Crippen molar-refractivity contribution in [3.8, 4) is 11.5 Å². The minimum Gasteiger partial charge on any atom is -0.411 e. The molecule has 7 nitrogen and oxygen atoms in total. The molecule has 156 valence electrons. The number of nitrogens with zero attached hydrogens (tertiary/aromatic N) is 3. The van der Waals surface area contributed by atoms with Crippen molar-refractivity contribution in [2.24, 2.45) is 0 Å². The van der Waals surface area contributed by atoms with Crippen molar-refractivity contribution in [3.63, 3.8) is 0 Å². The molecule has 9 heteroatoms. The highest BCUT2D eigenvalue weighted by molar-refractivity contribution is 7.99. The van der Waals surface area contributed by atoms with Crippen molar-refractivity contribution in [3.05, 3.63) is 59.1 Å². The highest BCUT2D eigenvalue weighted by Crippen LogP contribution is 2.24. The van der Waals surface area contributed by atoms with Gasteiger partial charge in [-0.2, -0.15) is 0 Å². The third-order valence-corrected chi connectivity index (χ3v) is 5.70. The summed E-state index contributed by atoms with van der Waals surface area (Å²) in [6, 6.07) is 15.4. The van der Waals surface area contributed by atoms with Crippen molar-refractivity contribution in [1.29, 1.82) is 0 Å². The zero-order valence-electron chi connectivity index (χ0n) is 16.2. The Labute approximate surface area is 183 Å². The van der Waals surface area contributed by atoms with Gasteiger partial charge in [0.2, 0.25) is 11.8 Å². The number of amides is 1. The molecule has 0 atom stereocenters. The lowest BCUT2D eigenvalue weighted by Gasteiger charge is -2.28. The molecular weight excluding hydrogens is 424 g/mol. The second-order valence-corrected chi connectivity index (χ2v) is 8.07. The van der Waals surface area contributed by atoms with E-state index in [1.165, 1.54) is 17.4 Å². The van der Waals surface area contributed by atoms with Crippen molar-refractivity contribution >= 4 is 35.0 Å². The van der Waals surface area contributed by atoms with E-state index in [1.807, 2.05) is 12.1 Å². The van der Waals surface area contributed by atoms with Crippen LogP contribution in [0, 0.1) is 0 Å². The molecule has 4 rings (SSSR count). The molecule has 2 aromatic carbocycles. The molecule has 1 fully saturated rings. The Morgan fingerprint density at radius 1 is 1.07 bits per heavy atom. The van der Waals surface area contributed by atoms with Gasteiger partial charge in [0.1, 0.15) is 0 Å². The van der Waals surface area contributed by atoms with Gasteiger partial charge in [-0.05, 0) is 42.0 Å². The molecule has 0 aliphatic carbocycles. The summed E-state index contributed by atoms with van der Waals surface area (Å²) in [5.74, 6) is 0.507. The lowest BCUT2D eigenvalue weighted by molar-refractivity contribution is -0.118. The maximum Gasteiger partial charge on any atom is 0.277 e. The van der Waals surface area contributed by atoms with E-state index in [0.29, 0.717) is 22.7 Å². The summed E-state index contributed by atoms with van der Waals surface area (Å²) in [7, 11) is 0. The molecule has 1 amide bonds. The van der Waals surface area contributed by atoms with Crippen LogP contribution in [-0.2, 0) is 16.1 Å². The molecule has 2 heterocycles. The molecule has 0 unspecified atom stereocenters. The minimum atomic E-state index is -0.0940. The number of hydrogen-bond acceptors (Lipinski definition) is 7. The molecule has 1 aliphatic rings. The number of hydrogen-bond donors (Lipinski definition) is 1. The second kappa shape index (κ2) is 9.97. The van der Waals surface area contributed by atoms with E-state index in [-0.39, 0.29) is 11.7 Å². The number of ether oxygens (including phenoxy) is 1. The van der Waals surface area contributed by atoms with Crippen molar-refractivity contribution < 1.29 is 13.9 Å². The first kappa shape index (κ1) is 20.7. The third-order valence-electron chi connectivity index (χ3n) is 4.63. The van der Waals surface area contributed by atoms with Gasteiger partial charge in [-0.1, -0.05) is 35.5 Å². The molecular formula is C21H21ClN4O3S. The van der Waals surface area contributed by atoms with Gasteiger partial charge < -0.3 is 19.4 Å². The molecule has 3 aromatic rings. The summed E-state index contributed by atoms with van der Waals surface area (Å²) in [6.45, 7) is 3.81. The number of carbonyl (C=O) groups is 1. The first-order chi connectivity index (χ1) is 14.7. The number of benzene rings is 2. The van der Waals surface area contributed by atoms with Gasteiger partial charge >= 0.3 is 0 Å².